The average molecular weight is 371 g/mol. The van der Waals surface area contributed by atoms with E-state index in [-0.39, 0.29) is 18.1 Å². The van der Waals surface area contributed by atoms with Gasteiger partial charge in [0, 0.05) is 24.2 Å². The van der Waals surface area contributed by atoms with Crippen molar-refractivity contribution in [1.82, 2.24) is 15.4 Å². The van der Waals surface area contributed by atoms with Crippen LogP contribution in [0.15, 0.2) is 24.4 Å². The first-order valence-corrected chi connectivity index (χ1v) is 9.60. The number of hydrogen-bond donors (Lipinski definition) is 2. The van der Waals surface area contributed by atoms with E-state index in [9.17, 15) is 9.18 Å². The van der Waals surface area contributed by atoms with Gasteiger partial charge in [-0.15, -0.1) is 0 Å². The number of carbonyl (C=O) groups excluding carboxylic acids is 1. The van der Waals surface area contributed by atoms with Crippen LogP contribution in [0.5, 0.6) is 0 Å². The molecule has 6 heteroatoms. The fourth-order valence-electron chi connectivity index (χ4n) is 3.29. The van der Waals surface area contributed by atoms with E-state index < -0.39 is 0 Å². The van der Waals surface area contributed by atoms with E-state index >= 15 is 0 Å². The van der Waals surface area contributed by atoms with Crippen LogP contribution in [0, 0.1) is 12.7 Å². The van der Waals surface area contributed by atoms with E-state index in [1.807, 2.05) is 19.2 Å². The summed E-state index contributed by atoms with van der Waals surface area (Å²) < 4.78 is 13.7. The Labute approximate surface area is 159 Å². The summed E-state index contributed by atoms with van der Waals surface area (Å²) in [5.74, 6) is 0.870. The van der Waals surface area contributed by atoms with Gasteiger partial charge in [-0.25, -0.2) is 19.8 Å². The molecule has 0 radical (unpaired) electrons. The molecule has 1 aromatic heterocycles. The van der Waals surface area contributed by atoms with Crippen molar-refractivity contribution in [2.45, 2.75) is 64.2 Å². The van der Waals surface area contributed by atoms with Crippen molar-refractivity contribution >= 4 is 5.91 Å². The van der Waals surface area contributed by atoms with Crippen molar-refractivity contribution in [3.05, 3.63) is 58.4 Å². The van der Waals surface area contributed by atoms with E-state index in [0.29, 0.717) is 24.3 Å². The van der Waals surface area contributed by atoms with Crippen LogP contribution in [0.4, 0.5) is 4.39 Å². The first kappa shape index (κ1) is 19.4. The molecule has 1 aliphatic rings. The van der Waals surface area contributed by atoms with Crippen molar-refractivity contribution in [3.63, 3.8) is 0 Å². The van der Waals surface area contributed by atoms with Gasteiger partial charge in [-0.3, -0.25) is 10.0 Å². The fraction of sp³-hybridized carbons (Fsp3) is 0.476. The molecule has 2 aromatic rings. The highest BCUT2D eigenvalue weighted by atomic mass is 19.1. The Morgan fingerprint density at radius 1 is 1.22 bits per heavy atom. The van der Waals surface area contributed by atoms with Gasteiger partial charge in [0.25, 0.3) is 0 Å². The molecule has 144 valence electrons. The molecule has 1 heterocycles. The van der Waals surface area contributed by atoms with Crippen LogP contribution < -0.4 is 5.48 Å². The van der Waals surface area contributed by atoms with Gasteiger partial charge in [0.05, 0.1) is 0 Å². The van der Waals surface area contributed by atoms with Gasteiger partial charge in [-0.05, 0) is 74.6 Å². The predicted molar refractivity (Wildman–Crippen MR) is 100 cm³/mol. The lowest BCUT2D eigenvalue weighted by atomic mass is 9.99. The number of hydroxylamine groups is 1. The van der Waals surface area contributed by atoms with Crippen molar-refractivity contribution in [1.29, 1.82) is 0 Å². The summed E-state index contributed by atoms with van der Waals surface area (Å²) in [5.41, 5.74) is 5.50. The second kappa shape index (κ2) is 9.04. The maximum Gasteiger partial charge on any atom is 0.243 e. The minimum Gasteiger partial charge on any atom is -0.289 e. The topological polar surface area (TPSA) is 75.1 Å². The molecule has 1 saturated carbocycles. The van der Waals surface area contributed by atoms with Crippen molar-refractivity contribution < 1.29 is 14.4 Å². The molecule has 1 fully saturated rings. The van der Waals surface area contributed by atoms with Crippen molar-refractivity contribution in [2.75, 3.05) is 0 Å². The number of halogens is 1. The largest absolute Gasteiger partial charge is 0.289 e. The number of aryl methyl sites for hydroxylation is 3. The van der Waals surface area contributed by atoms with Gasteiger partial charge >= 0.3 is 0 Å². The lowest BCUT2D eigenvalue weighted by molar-refractivity contribution is -0.129. The summed E-state index contributed by atoms with van der Waals surface area (Å²) in [5, 5.41) is 8.61. The molecule has 0 aliphatic heterocycles. The minimum atomic E-state index is -0.381. The standard InChI is InChI=1S/C21H26FN3O2/c1-14-15(5-2-8-18(14)22)6-3-9-19-17(7-4-10-20(26)25-27)13-23-21(24-19)16-11-12-16/h2,5,8,13,16,27H,3-4,6-7,9-12H2,1H3,(H,25,26). The molecule has 1 aliphatic carbocycles. The first-order valence-electron chi connectivity index (χ1n) is 9.60. The van der Waals surface area contributed by atoms with Gasteiger partial charge in [-0.2, -0.15) is 0 Å². The zero-order valence-electron chi connectivity index (χ0n) is 15.7. The Morgan fingerprint density at radius 3 is 2.74 bits per heavy atom. The second-order valence-electron chi connectivity index (χ2n) is 7.24. The third kappa shape index (κ3) is 5.32. The molecular weight excluding hydrogens is 345 g/mol. The molecule has 0 bridgehead atoms. The number of rotatable bonds is 9. The molecule has 0 unspecified atom stereocenters. The highest BCUT2D eigenvalue weighted by Gasteiger charge is 2.27. The number of benzene rings is 1. The summed E-state index contributed by atoms with van der Waals surface area (Å²) in [7, 11) is 0. The van der Waals surface area contributed by atoms with Crippen LogP contribution in [0.1, 0.15) is 66.2 Å². The third-order valence-corrected chi connectivity index (χ3v) is 5.13. The lowest BCUT2D eigenvalue weighted by Crippen LogP contribution is -2.18. The van der Waals surface area contributed by atoms with Crippen LogP contribution in [-0.2, 0) is 24.1 Å². The quantitative estimate of drug-likeness (QED) is 0.519. The summed E-state index contributed by atoms with van der Waals surface area (Å²) in [6.07, 6.45) is 8.29. The number of carbonyl (C=O) groups is 1. The smallest absolute Gasteiger partial charge is 0.243 e. The van der Waals surface area contributed by atoms with Gasteiger partial charge in [0.2, 0.25) is 5.91 Å². The average Bonchev–Trinajstić information content (AvgIpc) is 3.51. The fourth-order valence-corrected chi connectivity index (χ4v) is 3.29. The molecule has 2 N–H and O–H groups in total. The van der Waals surface area contributed by atoms with Crippen molar-refractivity contribution in [2.24, 2.45) is 0 Å². The maximum absolute atomic E-state index is 13.7. The molecular formula is C21H26FN3O2. The predicted octanol–water partition coefficient (Wildman–Crippen LogP) is 3.80. The number of nitrogens with one attached hydrogen (secondary N) is 1. The molecule has 3 rings (SSSR count). The van der Waals surface area contributed by atoms with E-state index in [0.717, 1.165) is 54.7 Å². The molecule has 0 spiro atoms. The normalized spacial score (nSPS) is 13.6. The summed E-state index contributed by atoms with van der Waals surface area (Å²) >= 11 is 0. The Hall–Kier alpha value is -2.34. The van der Waals surface area contributed by atoms with Crippen LogP contribution in [0.25, 0.3) is 0 Å². The zero-order chi connectivity index (χ0) is 19.2. The monoisotopic (exact) mass is 371 g/mol. The second-order valence-corrected chi connectivity index (χ2v) is 7.24. The minimum absolute atomic E-state index is 0.159. The van der Waals surface area contributed by atoms with Crippen LogP contribution in [0.3, 0.4) is 0 Å². The van der Waals surface area contributed by atoms with Gasteiger partial charge in [-0.1, -0.05) is 12.1 Å². The Bertz CT molecular complexity index is 806. The SMILES string of the molecule is Cc1c(F)cccc1CCCc1nc(C2CC2)ncc1CCCC(=O)NO. The van der Waals surface area contributed by atoms with E-state index in [1.165, 1.54) is 6.07 Å². The molecule has 0 saturated heterocycles. The van der Waals surface area contributed by atoms with E-state index in [1.54, 1.807) is 11.5 Å². The Morgan fingerprint density at radius 2 is 2.00 bits per heavy atom. The highest BCUT2D eigenvalue weighted by molar-refractivity contribution is 5.74. The van der Waals surface area contributed by atoms with E-state index in [4.69, 9.17) is 10.2 Å². The molecule has 1 amide bonds. The highest BCUT2D eigenvalue weighted by Crippen LogP contribution is 2.38. The maximum atomic E-state index is 13.7. The van der Waals surface area contributed by atoms with Crippen LogP contribution in [0.2, 0.25) is 0 Å². The first-order chi connectivity index (χ1) is 13.1. The summed E-state index contributed by atoms with van der Waals surface area (Å²) in [6, 6.07) is 5.22. The molecule has 0 atom stereocenters. The molecule has 27 heavy (non-hydrogen) atoms. The summed E-state index contributed by atoms with van der Waals surface area (Å²) in [4.78, 5) is 20.5. The zero-order valence-corrected chi connectivity index (χ0v) is 15.7. The number of aromatic nitrogens is 2. The lowest BCUT2D eigenvalue weighted by Gasteiger charge is -2.11. The van der Waals surface area contributed by atoms with Crippen LogP contribution >= 0.6 is 0 Å². The van der Waals surface area contributed by atoms with Crippen molar-refractivity contribution in [3.8, 4) is 0 Å². The van der Waals surface area contributed by atoms with Gasteiger partial charge in [0.1, 0.15) is 11.6 Å². The number of nitrogens with zero attached hydrogens (tertiary/aromatic N) is 2. The Kier molecular flexibility index (Phi) is 6.50. The van der Waals surface area contributed by atoms with Gasteiger partial charge < -0.3 is 0 Å². The number of hydrogen-bond acceptors (Lipinski definition) is 4. The number of amides is 1. The van der Waals surface area contributed by atoms with Crippen LogP contribution in [-0.4, -0.2) is 21.1 Å². The van der Waals surface area contributed by atoms with E-state index in [2.05, 4.69) is 4.98 Å². The molecule has 5 nitrogen and oxygen atoms in total. The van der Waals surface area contributed by atoms with Gasteiger partial charge in [0.15, 0.2) is 0 Å². The molecule has 1 aromatic carbocycles. The third-order valence-electron chi connectivity index (χ3n) is 5.13. The summed E-state index contributed by atoms with van der Waals surface area (Å²) in [6.45, 7) is 1.82. The Balaban J connectivity index is 1.64.